The molecule has 0 bridgehead atoms. The highest BCUT2D eigenvalue weighted by molar-refractivity contribution is 9.10. The molecular weight excluding hydrogens is 306 g/mol. The number of nitrogens with one attached hydrogen (secondary N) is 2. The molecule has 0 atom stereocenters. The number of rotatable bonds is 4. The molecule has 0 saturated carbocycles. The molecule has 6 heteroatoms. The van der Waals surface area contributed by atoms with E-state index in [2.05, 4.69) is 41.7 Å². The lowest BCUT2D eigenvalue weighted by molar-refractivity contribution is 0.873. The molecule has 1 aromatic heterocycles. The van der Waals surface area contributed by atoms with Gasteiger partial charge in [0.15, 0.2) is 5.82 Å². The lowest BCUT2D eigenvalue weighted by atomic mass is 10.2. The van der Waals surface area contributed by atoms with Gasteiger partial charge < -0.3 is 10.6 Å². The first-order valence-electron chi connectivity index (χ1n) is 6.04. The van der Waals surface area contributed by atoms with E-state index in [0.717, 1.165) is 10.2 Å². The second-order valence-corrected chi connectivity index (χ2v) is 5.41. The van der Waals surface area contributed by atoms with Crippen molar-refractivity contribution in [1.82, 2.24) is 15.2 Å². The van der Waals surface area contributed by atoms with Crippen LogP contribution in [0.15, 0.2) is 28.9 Å². The highest BCUT2D eigenvalue weighted by Gasteiger charge is 2.03. The number of aromatic nitrogens is 3. The Morgan fingerprint density at radius 3 is 2.74 bits per heavy atom. The third-order valence-electron chi connectivity index (χ3n) is 2.42. The minimum Gasteiger partial charge on any atom is -0.366 e. The lowest BCUT2D eigenvalue weighted by Crippen LogP contribution is -2.12. The van der Waals surface area contributed by atoms with Crippen molar-refractivity contribution in [2.75, 3.05) is 10.6 Å². The van der Waals surface area contributed by atoms with Crippen LogP contribution < -0.4 is 10.6 Å². The highest BCUT2D eigenvalue weighted by Crippen LogP contribution is 2.22. The molecule has 0 aliphatic rings. The third-order valence-corrected chi connectivity index (χ3v) is 3.28. The highest BCUT2D eigenvalue weighted by atomic mass is 79.9. The average molecular weight is 322 g/mol. The molecule has 2 N–H and O–H groups in total. The summed E-state index contributed by atoms with van der Waals surface area (Å²) in [5, 5.41) is 14.2. The summed E-state index contributed by atoms with van der Waals surface area (Å²) in [7, 11) is 0. The van der Waals surface area contributed by atoms with Crippen LogP contribution in [0.1, 0.15) is 19.4 Å². The van der Waals surface area contributed by atoms with Gasteiger partial charge in [0, 0.05) is 16.2 Å². The van der Waals surface area contributed by atoms with E-state index < -0.39 is 0 Å². The SMILES string of the molecule is Cc1ccc(Nc2nncc(NC(C)C)n2)cc1Br. The van der Waals surface area contributed by atoms with Crippen molar-refractivity contribution in [3.63, 3.8) is 0 Å². The zero-order valence-corrected chi connectivity index (χ0v) is 12.7. The molecule has 0 saturated heterocycles. The summed E-state index contributed by atoms with van der Waals surface area (Å²) in [6, 6.07) is 6.29. The van der Waals surface area contributed by atoms with Crippen LogP contribution in [0.5, 0.6) is 0 Å². The standard InChI is InChI=1S/C13H16BrN5/c1-8(2)16-12-7-15-19-13(18-12)17-10-5-4-9(3)11(14)6-10/h4-8H,1-3H3,(H2,16,17,18,19). The van der Waals surface area contributed by atoms with Crippen LogP contribution in [0.25, 0.3) is 0 Å². The largest absolute Gasteiger partial charge is 0.366 e. The van der Waals surface area contributed by atoms with Gasteiger partial charge in [-0.1, -0.05) is 22.0 Å². The molecule has 2 aromatic rings. The molecule has 0 aliphatic heterocycles. The molecule has 19 heavy (non-hydrogen) atoms. The predicted molar refractivity (Wildman–Crippen MR) is 80.7 cm³/mol. The quantitative estimate of drug-likeness (QED) is 0.902. The zero-order chi connectivity index (χ0) is 13.8. The van der Waals surface area contributed by atoms with E-state index in [0.29, 0.717) is 17.8 Å². The summed E-state index contributed by atoms with van der Waals surface area (Å²) in [5.41, 5.74) is 2.10. The molecule has 0 amide bonds. The molecule has 0 radical (unpaired) electrons. The number of nitrogens with zero attached hydrogens (tertiary/aromatic N) is 3. The number of hydrogen-bond donors (Lipinski definition) is 2. The van der Waals surface area contributed by atoms with Crippen molar-refractivity contribution in [3.05, 3.63) is 34.4 Å². The number of aryl methyl sites for hydroxylation is 1. The molecule has 0 spiro atoms. The molecule has 100 valence electrons. The first-order valence-corrected chi connectivity index (χ1v) is 6.83. The van der Waals surface area contributed by atoms with Crippen molar-refractivity contribution >= 4 is 33.4 Å². The van der Waals surface area contributed by atoms with Crippen molar-refractivity contribution < 1.29 is 0 Å². The summed E-state index contributed by atoms with van der Waals surface area (Å²) in [6.07, 6.45) is 1.61. The van der Waals surface area contributed by atoms with Crippen molar-refractivity contribution in [2.24, 2.45) is 0 Å². The second kappa shape index (κ2) is 5.97. The van der Waals surface area contributed by atoms with Gasteiger partial charge in [-0.25, -0.2) is 0 Å². The smallest absolute Gasteiger partial charge is 0.249 e. The van der Waals surface area contributed by atoms with Crippen molar-refractivity contribution in [1.29, 1.82) is 0 Å². The fourth-order valence-corrected chi connectivity index (χ4v) is 1.90. The van der Waals surface area contributed by atoms with E-state index >= 15 is 0 Å². The molecule has 5 nitrogen and oxygen atoms in total. The van der Waals surface area contributed by atoms with Crippen LogP contribution in [-0.2, 0) is 0 Å². The Hall–Kier alpha value is -1.69. The molecule has 0 aliphatic carbocycles. The zero-order valence-electron chi connectivity index (χ0n) is 11.1. The summed E-state index contributed by atoms with van der Waals surface area (Å²) < 4.78 is 1.04. The van der Waals surface area contributed by atoms with Crippen LogP contribution in [0.2, 0.25) is 0 Å². The summed E-state index contributed by atoms with van der Waals surface area (Å²) in [4.78, 5) is 4.35. The van der Waals surface area contributed by atoms with Crippen molar-refractivity contribution in [2.45, 2.75) is 26.8 Å². The number of halogens is 1. The third kappa shape index (κ3) is 3.89. The first kappa shape index (κ1) is 13.7. The van der Waals surface area contributed by atoms with Crippen LogP contribution in [-0.4, -0.2) is 21.2 Å². The second-order valence-electron chi connectivity index (χ2n) is 4.55. The van der Waals surface area contributed by atoms with Gasteiger partial charge >= 0.3 is 0 Å². The topological polar surface area (TPSA) is 62.7 Å². The van der Waals surface area contributed by atoms with Gasteiger partial charge in [-0.3, -0.25) is 0 Å². The average Bonchev–Trinajstić information content (AvgIpc) is 2.33. The normalized spacial score (nSPS) is 10.6. The molecule has 0 fully saturated rings. The van der Waals surface area contributed by atoms with Crippen LogP contribution in [0, 0.1) is 6.92 Å². The van der Waals surface area contributed by atoms with Gasteiger partial charge in [0.2, 0.25) is 5.95 Å². The lowest BCUT2D eigenvalue weighted by Gasteiger charge is -2.10. The van der Waals surface area contributed by atoms with Gasteiger partial charge in [0.1, 0.15) is 0 Å². The number of anilines is 3. The van der Waals surface area contributed by atoms with Gasteiger partial charge in [-0.2, -0.15) is 10.1 Å². The Balaban J connectivity index is 2.16. The van der Waals surface area contributed by atoms with Gasteiger partial charge in [0.05, 0.1) is 6.20 Å². The van der Waals surface area contributed by atoms with E-state index in [1.807, 2.05) is 39.0 Å². The van der Waals surface area contributed by atoms with Crippen molar-refractivity contribution in [3.8, 4) is 0 Å². The Labute approximate surface area is 121 Å². The first-order chi connectivity index (χ1) is 9.04. The Bertz CT molecular complexity index is 571. The molecule has 1 aromatic carbocycles. The van der Waals surface area contributed by atoms with Gasteiger partial charge in [-0.05, 0) is 38.5 Å². The van der Waals surface area contributed by atoms with E-state index in [1.165, 1.54) is 5.56 Å². The fraction of sp³-hybridized carbons (Fsp3) is 0.308. The van der Waals surface area contributed by atoms with Gasteiger partial charge in [0.25, 0.3) is 0 Å². The van der Waals surface area contributed by atoms with E-state index in [9.17, 15) is 0 Å². The van der Waals surface area contributed by atoms with E-state index in [4.69, 9.17) is 0 Å². The number of benzene rings is 1. The predicted octanol–water partition coefficient (Wildman–Crippen LogP) is 3.51. The maximum atomic E-state index is 4.35. The fourth-order valence-electron chi connectivity index (χ4n) is 1.52. The van der Waals surface area contributed by atoms with Crippen LogP contribution in [0.4, 0.5) is 17.5 Å². The Morgan fingerprint density at radius 1 is 1.26 bits per heavy atom. The summed E-state index contributed by atoms with van der Waals surface area (Å²) >= 11 is 3.50. The Kier molecular flexibility index (Phi) is 4.31. The maximum Gasteiger partial charge on any atom is 0.249 e. The monoisotopic (exact) mass is 321 g/mol. The van der Waals surface area contributed by atoms with Crippen LogP contribution >= 0.6 is 15.9 Å². The molecule has 1 heterocycles. The molecular formula is C13H16BrN5. The summed E-state index contributed by atoms with van der Waals surface area (Å²) in [6.45, 7) is 6.14. The van der Waals surface area contributed by atoms with Crippen LogP contribution in [0.3, 0.4) is 0 Å². The Morgan fingerprint density at radius 2 is 2.05 bits per heavy atom. The minimum atomic E-state index is 0.304. The van der Waals surface area contributed by atoms with Gasteiger partial charge in [-0.15, -0.1) is 5.10 Å². The molecule has 2 rings (SSSR count). The summed E-state index contributed by atoms with van der Waals surface area (Å²) in [5.74, 6) is 1.18. The van der Waals surface area contributed by atoms with E-state index in [1.54, 1.807) is 6.20 Å². The van der Waals surface area contributed by atoms with E-state index in [-0.39, 0.29) is 0 Å². The molecule has 0 unspecified atom stereocenters. The minimum absolute atomic E-state index is 0.304. The maximum absolute atomic E-state index is 4.35. The number of hydrogen-bond acceptors (Lipinski definition) is 5.